The Hall–Kier alpha value is -1.55. The summed E-state index contributed by atoms with van der Waals surface area (Å²) in [4.78, 5) is 11.2. The average Bonchev–Trinajstić information content (AvgIpc) is 2.27. The normalized spacial score (nSPS) is 24.8. The van der Waals surface area contributed by atoms with Crippen molar-refractivity contribution >= 4 is 5.97 Å². The Bertz CT molecular complexity index is 404. The van der Waals surface area contributed by atoms with Crippen LogP contribution in [0.5, 0.6) is 0 Å². The van der Waals surface area contributed by atoms with Gasteiger partial charge in [-0.05, 0) is 31.1 Å². The molecule has 4 nitrogen and oxygen atoms in total. The standard InChI is InChI=1S/C14H20O4/c1-9-7-14(16)18-11(3)12(9)5-6-13(15)10(2)8-17-4/h5-7,10-11,15H,8H2,1-4H3/b12-5-,13-6+. The van der Waals surface area contributed by atoms with Crippen molar-refractivity contribution in [2.75, 3.05) is 13.7 Å². The third kappa shape index (κ3) is 3.74. The quantitative estimate of drug-likeness (QED) is 0.617. The van der Waals surface area contributed by atoms with Crippen LogP contribution in [0.15, 0.2) is 35.1 Å². The molecular weight excluding hydrogens is 232 g/mol. The highest BCUT2D eigenvalue weighted by molar-refractivity contribution is 5.85. The van der Waals surface area contributed by atoms with Gasteiger partial charge in [0.1, 0.15) is 6.10 Å². The van der Waals surface area contributed by atoms with E-state index >= 15 is 0 Å². The topological polar surface area (TPSA) is 55.8 Å². The molecule has 0 fully saturated rings. The van der Waals surface area contributed by atoms with Crippen molar-refractivity contribution in [3.05, 3.63) is 35.1 Å². The van der Waals surface area contributed by atoms with Crippen LogP contribution in [0.4, 0.5) is 0 Å². The van der Waals surface area contributed by atoms with Gasteiger partial charge in [-0.15, -0.1) is 0 Å². The van der Waals surface area contributed by atoms with Crippen molar-refractivity contribution in [1.29, 1.82) is 0 Å². The summed E-state index contributed by atoms with van der Waals surface area (Å²) in [7, 11) is 1.60. The second-order valence-electron chi connectivity index (χ2n) is 4.48. The predicted molar refractivity (Wildman–Crippen MR) is 69.1 cm³/mol. The Morgan fingerprint density at radius 3 is 2.89 bits per heavy atom. The molecule has 0 aromatic carbocycles. The average molecular weight is 252 g/mol. The van der Waals surface area contributed by atoms with E-state index in [1.165, 1.54) is 6.08 Å². The second kappa shape index (κ2) is 6.40. The molecule has 100 valence electrons. The van der Waals surface area contributed by atoms with Gasteiger partial charge in [-0.2, -0.15) is 0 Å². The minimum absolute atomic E-state index is 0.0578. The minimum Gasteiger partial charge on any atom is -0.512 e. The third-order valence-electron chi connectivity index (χ3n) is 2.88. The lowest BCUT2D eigenvalue weighted by molar-refractivity contribution is -0.141. The molecule has 1 aliphatic heterocycles. The van der Waals surface area contributed by atoms with Crippen molar-refractivity contribution in [3.8, 4) is 0 Å². The molecule has 0 radical (unpaired) electrons. The molecular formula is C14H20O4. The van der Waals surface area contributed by atoms with E-state index in [4.69, 9.17) is 9.47 Å². The lowest BCUT2D eigenvalue weighted by atomic mass is 9.99. The van der Waals surface area contributed by atoms with Crippen LogP contribution >= 0.6 is 0 Å². The number of ether oxygens (including phenoxy) is 2. The maximum atomic E-state index is 11.2. The Morgan fingerprint density at radius 1 is 1.67 bits per heavy atom. The maximum absolute atomic E-state index is 11.2. The van der Waals surface area contributed by atoms with Crippen LogP contribution < -0.4 is 0 Å². The van der Waals surface area contributed by atoms with Gasteiger partial charge in [-0.25, -0.2) is 4.79 Å². The number of methoxy groups -OCH3 is 1. The fraction of sp³-hybridized carbons (Fsp3) is 0.500. The summed E-state index contributed by atoms with van der Waals surface area (Å²) in [6, 6.07) is 0. The number of aliphatic hydroxyl groups excluding tert-OH is 1. The Morgan fingerprint density at radius 2 is 2.33 bits per heavy atom. The zero-order valence-corrected chi connectivity index (χ0v) is 11.3. The van der Waals surface area contributed by atoms with Gasteiger partial charge >= 0.3 is 5.97 Å². The fourth-order valence-electron chi connectivity index (χ4n) is 1.79. The summed E-state index contributed by atoms with van der Waals surface area (Å²) < 4.78 is 10.1. The van der Waals surface area contributed by atoms with Crippen molar-refractivity contribution in [2.45, 2.75) is 26.9 Å². The number of hydrogen-bond donors (Lipinski definition) is 1. The zero-order valence-electron chi connectivity index (χ0n) is 11.3. The summed E-state index contributed by atoms with van der Waals surface area (Å²) in [5, 5.41) is 9.81. The molecule has 1 heterocycles. The van der Waals surface area contributed by atoms with Gasteiger partial charge in [0.05, 0.1) is 12.4 Å². The van der Waals surface area contributed by atoms with E-state index in [0.29, 0.717) is 6.61 Å². The van der Waals surface area contributed by atoms with Crippen LogP contribution in [0.3, 0.4) is 0 Å². The molecule has 0 saturated heterocycles. The smallest absolute Gasteiger partial charge is 0.331 e. The molecule has 4 heteroatoms. The van der Waals surface area contributed by atoms with Crippen molar-refractivity contribution < 1.29 is 19.4 Å². The predicted octanol–water partition coefficient (Wildman–Crippen LogP) is 2.53. The molecule has 0 aromatic heterocycles. The molecule has 1 N–H and O–H groups in total. The number of cyclic esters (lactones) is 1. The van der Waals surface area contributed by atoms with E-state index in [2.05, 4.69) is 0 Å². The fourth-order valence-corrected chi connectivity index (χ4v) is 1.79. The number of carbonyl (C=O) groups is 1. The summed E-state index contributed by atoms with van der Waals surface area (Å²) in [6.45, 7) is 6.00. The van der Waals surface area contributed by atoms with Crippen molar-refractivity contribution in [1.82, 2.24) is 0 Å². The van der Waals surface area contributed by atoms with E-state index in [9.17, 15) is 9.90 Å². The summed E-state index contributed by atoms with van der Waals surface area (Å²) in [5.41, 5.74) is 1.76. The van der Waals surface area contributed by atoms with Crippen molar-refractivity contribution in [3.63, 3.8) is 0 Å². The van der Waals surface area contributed by atoms with Gasteiger partial charge in [-0.3, -0.25) is 0 Å². The van der Waals surface area contributed by atoms with E-state index in [-0.39, 0.29) is 23.8 Å². The Balaban J connectivity index is 2.86. The van der Waals surface area contributed by atoms with Crippen LogP contribution in [0.25, 0.3) is 0 Å². The molecule has 0 amide bonds. The third-order valence-corrected chi connectivity index (χ3v) is 2.88. The van der Waals surface area contributed by atoms with Crippen LogP contribution in [0, 0.1) is 5.92 Å². The van der Waals surface area contributed by atoms with Crippen LogP contribution in [-0.4, -0.2) is 30.9 Å². The number of carbonyl (C=O) groups excluding carboxylic acids is 1. The number of aliphatic hydroxyl groups is 1. The molecule has 2 unspecified atom stereocenters. The van der Waals surface area contributed by atoms with Crippen LogP contribution in [0.1, 0.15) is 20.8 Å². The zero-order chi connectivity index (χ0) is 13.7. The lowest BCUT2D eigenvalue weighted by Crippen LogP contribution is -2.21. The van der Waals surface area contributed by atoms with Crippen molar-refractivity contribution in [2.24, 2.45) is 5.92 Å². The van der Waals surface area contributed by atoms with Crippen LogP contribution in [0.2, 0.25) is 0 Å². The first-order valence-electron chi connectivity index (χ1n) is 5.94. The maximum Gasteiger partial charge on any atom is 0.331 e. The SMILES string of the molecule is COCC(C)/C(O)=C\C=C1\C(C)=CC(=O)OC1C. The Labute approximate surface area is 108 Å². The highest BCUT2D eigenvalue weighted by Gasteiger charge is 2.20. The summed E-state index contributed by atoms with van der Waals surface area (Å²) in [5.74, 6) is -0.128. The number of rotatable bonds is 4. The minimum atomic E-state index is -0.321. The van der Waals surface area contributed by atoms with E-state index in [1.807, 2.05) is 20.8 Å². The van der Waals surface area contributed by atoms with Gasteiger partial charge in [-0.1, -0.05) is 13.0 Å². The highest BCUT2D eigenvalue weighted by Crippen LogP contribution is 2.22. The summed E-state index contributed by atoms with van der Waals surface area (Å²) in [6.07, 6.45) is 4.58. The second-order valence-corrected chi connectivity index (χ2v) is 4.48. The molecule has 2 atom stereocenters. The first-order chi connectivity index (χ1) is 8.45. The highest BCUT2D eigenvalue weighted by atomic mass is 16.5. The number of esters is 1. The molecule has 0 saturated carbocycles. The number of hydrogen-bond acceptors (Lipinski definition) is 4. The molecule has 0 aromatic rings. The largest absolute Gasteiger partial charge is 0.512 e. The summed E-state index contributed by atoms with van der Waals surface area (Å²) >= 11 is 0. The Kier molecular flexibility index (Phi) is 5.16. The molecule has 0 bridgehead atoms. The first-order valence-corrected chi connectivity index (χ1v) is 5.94. The van der Waals surface area contributed by atoms with Gasteiger partial charge in [0.2, 0.25) is 0 Å². The molecule has 0 aliphatic carbocycles. The molecule has 0 spiro atoms. The van der Waals surface area contributed by atoms with Crippen LogP contribution in [-0.2, 0) is 14.3 Å². The van der Waals surface area contributed by atoms with Gasteiger partial charge < -0.3 is 14.6 Å². The first kappa shape index (κ1) is 14.5. The van der Waals surface area contributed by atoms with Gasteiger partial charge in [0.15, 0.2) is 0 Å². The van der Waals surface area contributed by atoms with Gasteiger partial charge in [0, 0.05) is 19.1 Å². The monoisotopic (exact) mass is 252 g/mol. The lowest BCUT2D eigenvalue weighted by Gasteiger charge is -2.21. The molecule has 18 heavy (non-hydrogen) atoms. The number of allylic oxidation sites excluding steroid dienone is 2. The van der Waals surface area contributed by atoms with Gasteiger partial charge in [0.25, 0.3) is 0 Å². The van der Waals surface area contributed by atoms with E-state index in [1.54, 1.807) is 19.3 Å². The molecule has 1 rings (SSSR count). The van der Waals surface area contributed by atoms with E-state index < -0.39 is 0 Å². The molecule has 1 aliphatic rings. The van der Waals surface area contributed by atoms with E-state index in [0.717, 1.165) is 11.1 Å².